The topological polar surface area (TPSA) is 93.2 Å². The Morgan fingerprint density at radius 2 is 1.96 bits per heavy atom. The second kappa shape index (κ2) is 9.96. The zero-order valence-electron chi connectivity index (χ0n) is 14.9. The van der Waals surface area contributed by atoms with Gasteiger partial charge in [-0.25, -0.2) is 0 Å². The minimum absolute atomic E-state index is 0.0134. The summed E-state index contributed by atoms with van der Waals surface area (Å²) in [6.45, 7) is 5.28. The van der Waals surface area contributed by atoms with Crippen LogP contribution in [-0.2, 0) is 14.3 Å². The lowest BCUT2D eigenvalue weighted by Gasteiger charge is -2.21. The van der Waals surface area contributed by atoms with Gasteiger partial charge in [-0.1, -0.05) is 42.4 Å². The quantitative estimate of drug-likeness (QED) is 0.524. The predicted molar refractivity (Wildman–Crippen MR) is 100.0 cm³/mol. The largest absolute Gasteiger partial charge is 0.452 e. The monoisotopic (exact) mass is 386 g/mol. The Morgan fingerprint density at radius 1 is 1.24 bits per heavy atom. The van der Waals surface area contributed by atoms with Crippen molar-refractivity contribution < 1.29 is 14.3 Å². The van der Waals surface area contributed by atoms with E-state index in [2.05, 4.69) is 20.8 Å². The Kier molecular flexibility index (Phi) is 7.95. The van der Waals surface area contributed by atoms with E-state index in [9.17, 15) is 9.59 Å². The van der Waals surface area contributed by atoms with Crippen LogP contribution in [0.4, 0.5) is 5.13 Å². The normalized spacial score (nSPS) is 16.5. The third-order valence-corrected chi connectivity index (χ3v) is 5.72. The number of nitrogens with one attached hydrogen (secondary N) is 2. The number of carbonyl (C=O) groups excluding carboxylic acids is 2. The first-order chi connectivity index (χ1) is 11.9. The summed E-state index contributed by atoms with van der Waals surface area (Å²) in [7, 11) is 0. The second-order valence-electron chi connectivity index (χ2n) is 6.44. The zero-order valence-corrected chi connectivity index (χ0v) is 16.5. The van der Waals surface area contributed by atoms with Crippen molar-refractivity contribution in [3.63, 3.8) is 0 Å². The maximum Gasteiger partial charge on any atom is 0.317 e. The van der Waals surface area contributed by atoms with Crippen LogP contribution in [-0.4, -0.2) is 46.0 Å². The summed E-state index contributed by atoms with van der Waals surface area (Å²) in [5.41, 5.74) is 0. The maximum atomic E-state index is 11.9. The van der Waals surface area contributed by atoms with Gasteiger partial charge in [0.15, 0.2) is 10.4 Å². The third-order valence-electron chi connectivity index (χ3n) is 3.76. The van der Waals surface area contributed by atoms with Crippen LogP contribution in [0.25, 0.3) is 0 Å². The fourth-order valence-electron chi connectivity index (χ4n) is 2.56. The van der Waals surface area contributed by atoms with Gasteiger partial charge in [-0.3, -0.25) is 9.59 Å². The Hall–Kier alpha value is -1.35. The highest BCUT2D eigenvalue weighted by atomic mass is 32.2. The zero-order chi connectivity index (χ0) is 18.2. The Balaban J connectivity index is 1.71. The van der Waals surface area contributed by atoms with Gasteiger partial charge in [-0.2, -0.15) is 0 Å². The second-order valence-corrected chi connectivity index (χ2v) is 8.64. The number of hydrogen-bond acceptors (Lipinski definition) is 8. The lowest BCUT2D eigenvalue weighted by atomic mass is 9.96. The van der Waals surface area contributed by atoms with Crippen LogP contribution in [0.5, 0.6) is 0 Å². The summed E-state index contributed by atoms with van der Waals surface area (Å²) in [5, 5.41) is 15.1. The molecule has 9 heteroatoms. The van der Waals surface area contributed by atoms with Crippen molar-refractivity contribution in [1.29, 1.82) is 0 Å². The SMILES string of the molecule is CC(C)NC(=O)[C@@H](C)OC(=O)CSc1nnc(NC2CCCCC2)s1. The van der Waals surface area contributed by atoms with Gasteiger partial charge >= 0.3 is 5.97 Å². The number of amides is 1. The summed E-state index contributed by atoms with van der Waals surface area (Å²) in [6, 6.07) is 0.490. The maximum absolute atomic E-state index is 11.9. The molecule has 2 rings (SSSR count). The van der Waals surface area contributed by atoms with E-state index in [-0.39, 0.29) is 17.7 Å². The molecule has 1 fully saturated rings. The summed E-state index contributed by atoms with van der Waals surface area (Å²) < 4.78 is 5.85. The van der Waals surface area contributed by atoms with Gasteiger partial charge < -0.3 is 15.4 Å². The van der Waals surface area contributed by atoms with E-state index >= 15 is 0 Å². The van der Waals surface area contributed by atoms with Crippen LogP contribution in [0.3, 0.4) is 0 Å². The van der Waals surface area contributed by atoms with Crippen molar-refractivity contribution in [2.75, 3.05) is 11.1 Å². The van der Waals surface area contributed by atoms with E-state index in [1.165, 1.54) is 55.2 Å². The first kappa shape index (κ1) is 20.0. The highest BCUT2D eigenvalue weighted by molar-refractivity contribution is 8.01. The molecule has 0 unspecified atom stereocenters. The molecular formula is C16H26N4O3S2. The summed E-state index contributed by atoms with van der Waals surface area (Å²) >= 11 is 2.72. The Bertz CT molecular complexity index is 573. The number of aromatic nitrogens is 2. The number of rotatable bonds is 8. The van der Waals surface area contributed by atoms with E-state index < -0.39 is 12.1 Å². The number of esters is 1. The smallest absolute Gasteiger partial charge is 0.317 e. The molecule has 1 saturated carbocycles. The average Bonchev–Trinajstić information content (AvgIpc) is 3.00. The van der Waals surface area contributed by atoms with Crippen molar-refractivity contribution in [2.45, 2.75) is 75.4 Å². The van der Waals surface area contributed by atoms with E-state index in [1.807, 2.05) is 13.8 Å². The molecule has 25 heavy (non-hydrogen) atoms. The average molecular weight is 387 g/mol. The van der Waals surface area contributed by atoms with Gasteiger partial charge in [0.25, 0.3) is 5.91 Å². The van der Waals surface area contributed by atoms with E-state index in [1.54, 1.807) is 6.92 Å². The van der Waals surface area contributed by atoms with Crippen molar-refractivity contribution >= 4 is 40.1 Å². The molecule has 0 radical (unpaired) electrons. The predicted octanol–water partition coefficient (Wildman–Crippen LogP) is 2.83. The molecule has 0 aromatic carbocycles. The molecule has 0 saturated heterocycles. The number of thioether (sulfide) groups is 1. The van der Waals surface area contributed by atoms with Crippen LogP contribution < -0.4 is 10.6 Å². The standard InChI is InChI=1S/C16H26N4O3S2/c1-10(2)17-14(22)11(3)23-13(21)9-24-16-20-19-15(25-16)18-12-7-5-4-6-8-12/h10-12H,4-9H2,1-3H3,(H,17,22)(H,18,19)/t11-/m1/s1. The summed E-state index contributed by atoms with van der Waals surface area (Å²) in [5.74, 6) is -0.617. The molecule has 0 bridgehead atoms. The van der Waals surface area contributed by atoms with E-state index in [0.717, 1.165) is 9.47 Å². The molecule has 7 nitrogen and oxygen atoms in total. The highest BCUT2D eigenvalue weighted by Gasteiger charge is 2.19. The number of hydrogen-bond donors (Lipinski definition) is 2. The van der Waals surface area contributed by atoms with Gasteiger partial charge in [0.05, 0.1) is 5.75 Å². The van der Waals surface area contributed by atoms with Gasteiger partial charge in [-0.05, 0) is 33.6 Å². The molecule has 1 atom stereocenters. The lowest BCUT2D eigenvalue weighted by molar-refractivity contribution is -0.152. The molecule has 1 aromatic rings. The molecule has 0 spiro atoms. The fourth-order valence-corrected chi connectivity index (χ4v) is 4.17. The summed E-state index contributed by atoms with van der Waals surface area (Å²) in [4.78, 5) is 23.6. The number of carbonyl (C=O) groups is 2. The Labute approximate surface area is 156 Å². The lowest BCUT2D eigenvalue weighted by Crippen LogP contribution is -2.39. The highest BCUT2D eigenvalue weighted by Crippen LogP contribution is 2.28. The van der Waals surface area contributed by atoms with Crippen molar-refractivity contribution in [1.82, 2.24) is 15.5 Å². The van der Waals surface area contributed by atoms with Gasteiger partial charge in [-0.15, -0.1) is 10.2 Å². The molecule has 1 aromatic heterocycles. The van der Waals surface area contributed by atoms with Crippen LogP contribution in [0, 0.1) is 0 Å². The fraction of sp³-hybridized carbons (Fsp3) is 0.750. The van der Waals surface area contributed by atoms with Gasteiger partial charge in [0, 0.05) is 12.1 Å². The number of nitrogens with zero attached hydrogens (tertiary/aromatic N) is 2. The first-order valence-electron chi connectivity index (χ1n) is 8.66. The van der Waals surface area contributed by atoms with Crippen molar-refractivity contribution in [3.8, 4) is 0 Å². The molecular weight excluding hydrogens is 360 g/mol. The molecule has 140 valence electrons. The van der Waals surface area contributed by atoms with Crippen LogP contribution in [0.1, 0.15) is 52.9 Å². The molecule has 1 aliphatic rings. The van der Waals surface area contributed by atoms with Gasteiger partial charge in [0.2, 0.25) is 5.13 Å². The van der Waals surface area contributed by atoms with Crippen LogP contribution in [0.2, 0.25) is 0 Å². The van der Waals surface area contributed by atoms with Crippen molar-refractivity contribution in [2.24, 2.45) is 0 Å². The van der Waals surface area contributed by atoms with Crippen molar-refractivity contribution in [3.05, 3.63) is 0 Å². The van der Waals surface area contributed by atoms with E-state index in [4.69, 9.17) is 4.74 Å². The number of ether oxygens (including phenoxy) is 1. The molecule has 1 heterocycles. The van der Waals surface area contributed by atoms with Crippen LogP contribution >= 0.6 is 23.1 Å². The molecule has 1 amide bonds. The van der Waals surface area contributed by atoms with Gasteiger partial charge in [0.1, 0.15) is 0 Å². The minimum Gasteiger partial charge on any atom is -0.452 e. The summed E-state index contributed by atoms with van der Waals surface area (Å²) in [6.07, 6.45) is 5.37. The Morgan fingerprint density at radius 3 is 2.64 bits per heavy atom. The number of anilines is 1. The van der Waals surface area contributed by atoms with Crippen LogP contribution in [0.15, 0.2) is 4.34 Å². The van der Waals surface area contributed by atoms with E-state index in [0.29, 0.717) is 6.04 Å². The third kappa shape index (κ3) is 7.19. The minimum atomic E-state index is -0.798. The molecule has 2 N–H and O–H groups in total. The molecule has 1 aliphatic carbocycles. The first-order valence-corrected chi connectivity index (χ1v) is 10.5. The molecule has 0 aliphatic heterocycles.